The summed E-state index contributed by atoms with van der Waals surface area (Å²) in [6.07, 6.45) is 4.13. The van der Waals surface area contributed by atoms with Crippen LogP contribution < -0.4 is 4.90 Å². The summed E-state index contributed by atoms with van der Waals surface area (Å²) in [5.41, 5.74) is 3.54. The molecule has 0 atom stereocenters. The molecule has 2 aliphatic rings. The molecule has 4 heteroatoms. The topological polar surface area (TPSA) is 40.6 Å². The molecule has 2 aromatic rings. The summed E-state index contributed by atoms with van der Waals surface area (Å²) in [7, 11) is 0. The van der Waals surface area contributed by atoms with Gasteiger partial charge in [-0.25, -0.2) is 0 Å². The lowest BCUT2D eigenvalue weighted by molar-refractivity contribution is 0.0697. The molecule has 0 aromatic heterocycles. The van der Waals surface area contributed by atoms with E-state index in [0.29, 0.717) is 17.0 Å². The van der Waals surface area contributed by atoms with Gasteiger partial charge in [-0.2, -0.15) is 0 Å². The Morgan fingerprint density at radius 1 is 0.852 bits per heavy atom. The van der Waals surface area contributed by atoms with Crippen molar-refractivity contribution in [2.75, 3.05) is 24.5 Å². The smallest absolute Gasteiger partial charge is 0.258 e. The normalized spacial score (nSPS) is 17.5. The monoisotopic (exact) mass is 362 g/mol. The number of hydrogen-bond acceptors (Lipinski definition) is 2. The molecule has 0 bridgehead atoms. The van der Waals surface area contributed by atoms with Crippen LogP contribution in [0.1, 0.15) is 52.5 Å². The number of piperidine rings is 1. The van der Waals surface area contributed by atoms with Crippen LogP contribution in [0.4, 0.5) is 5.69 Å². The van der Waals surface area contributed by atoms with Gasteiger partial charge in [0.25, 0.3) is 11.8 Å². The SMILES string of the molecule is CC1CCN(C(=O)c2ccc(C(=O)N3CCCc4ccccc43)cc2)CC1. The van der Waals surface area contributed by atoms with Crippen LogP contribution in [-0.2, 0) is 6.42 Å². The van der Waals surface area contributed by atoms with Crippen LogP contribution in [0.25, 0.3) is 0 Å². The lowest BCUT2D eigenvalue weighted by atomic mass is 9.98. The van der Waals surface area contributed by atoms with Crippen LogP contribution in [-0.4, -0.2) is 36.3 Å². The molecular weight excluding hydrogens is 336 g/mol. The number of likely N-dealkylation sites (tertiary alicyclic amines) is 1. The maximum absolute atomic E-state index is 13.0. The lowest BCUT2D eigenvalue weighted by Crippen LogP contribution is -2.38. The number of hydrogen-bond donors (Lipinski definition) is 0. The van der Waals surface area contributed by atoms with Gasteiger partial charge in [-0.15, -0.1) is 0 Å². The third-order valence-electron chi connectivity index (χ3n) is 5.81. The highest BCUT2D eigenvalue weighted by molar-refractivity contribution is 6.07. The Hall–Kier alpha value is -2.62. The van der Waals surface area contributed by atoms with Crippen molar-refractivity contribution in [1.82, 2.24) is 4.90 Å². The van der Waals surface area contributed by atoms with Crippen molar-refractivity contribution in [2.45, 2.75) is 32.6 Å². The summed E-state index contributed by atoms with van der Waals surface area (Å²) in [5, 5.41) is 0. The molecule has 4 rings (SSSR count). The first-order valence-electron chi connectivity index (χ1n) is 9.92. The van der Waals surface area contributed by atoms with Crippen molar-refractivity contribution in [3.05, 3.63) is 65.2 Å². The van der Waals surface area contributed by atoms with Gasteiger partial charge in [0.15, 0.2) is 0 Å². The average molecular weight is 362 g/mol. The fraction of sp³-hybridized carbons (Fsp3) is 0.391. The number of rotatable bonds is 2. The fourth-order valence-corrected chi connectivity index (χ4v) is 4.05. The molecule has 2 aromatic carbocycles. The summed E-state index contributed by atoms with van der Waals surface area (Å²) in [4.78, 5) is 29.5. The highest BCUT2D eigenvalue weighted by Crippen LogP contribution is 2.28. The third kappa shape index (κ3) is 3.61. The van der Waals surface area contributed by atoms with E-state index in [-0.39, 0.29) is 11.8 Å². The Bertz CT molecular complexity index is 836. The van der Waals surface area contributed by atoms with Crippen LogP contribution in [0.5, 0.6) is 0 Å². The van der Waals surface area contributed by atoms with Crippen molar-refractivity contribution >= 4 is 17.5 Å². The van der Waals surface area contributed by atoms with Gasteiger partial charge in [0.05, 0.1) is 0 Å². The van der Waals surface area contributed by atoms with Gasteiger partial charge in [0, 0.05) is 36.4 Å². The zero-order valence-electron chi connectivity index (χ0n) is 15.9. The molecular formula is C23H26N2O2. The van der Waals surface area contributed by atoms with Crippen molar-refractivity contribution in [3.63, 3.8) is 0 Å². The van der Waals surface area contributed by atoms with E-state index < -0.39 is 0 Å². The van der Waals surface area contributed by atoms with Crippen molar-refractivity contribution in [3.8, 4) is 0 Å². The molecule has 1 saturated heterocycles. The molecule has 0 radical (unpaired) electrons. The quantitative estimate of drug-likeness (QED) is 0.805. The predicted molar refractivity (Wildman–Crippen MR) is 107 cm³/mol. The standard InChI is InChI=1S/C23H26N2O2/c1-17-12-15-24(16-13-17)22(26)19-8-10-20(11-9-19)23(27)25-14-4-6-18-5-2-3-7-21(18)25/h2-3,5,7-11,17H,4,6,12-16H2,1H3. The minimum atomic E-state index is 0.00736. The van der Waals surface area contributed by atoms with Crippen LogP contribution in [0.3, 0.4) is 0 Å². The molecule has 4 nitrogen and oxygen atoms in total. The third-order valence-corrected chi connectivity index (χ3v) is 5.81. The fourth-order valence-electron chi connectivity index (χ4n) is 4.05. The molecule has 0 spiro atoms. The second-order valence-corrected chi connectivity index (χ2v) is 7.74. The summed E-state index contributed by atoms with van der Waals surface area (Å²) in [5.74, 6) is 0.777. The number of para-hydroxylation sites is 1. The molecule has 0 saturated carbocycles. The Morgan fingerprint density at radius 3 is 2.19 bits per heavy atom. The first-order valence-corrected chi connectivity index (χ1v) is 9.92. The van der Waals surface area contributed by atoms with E-state index in [2.05, 4.69) is 13.0 Å². The van der Waals surface area contributed by atoms with E-state index in [9.17, 15) is 9.59 Å². The van der Waals surface area contributed by atoms with E-state index in [4.69, 9.17) is 0 Å². The minimum absolute atomic E-state index is 0.00736. The first kappa shape index (κ1) is 17.8. The Kier molecular flexibility index (Phi) is 4.97. The van der Waals surface area contributed by atoms with E-state index in [0.717, 1.165) is 51.0 Å². The molecule has 0 aliphatic carbocycles. The number of carbonyl (C=O) groups is 2. The molecule has 0 N–H and O–H groups in total. The van der Waals surface area contributed by atoms with E-state index in [1.807, 2.05) is 28.0 Å². The Balaban J connectivity index is 1.49. The van der Waals surface area contributed by atoms with E-state index in [1.54, 1.807) is 24.3 Å². The van der Waals surface area contributed by atoms with Crippen LogP contribution in [0.2, 0.25) is 0 Å². The molecule has 2 amide bonds. The number of carbonyl (C=O) groups excluding carboxylic acids is 2. The second-order valence-electron chi connectivity index (χ2n) is 7.74. The minimum Gasteiger partial charge on any atom is -0.339 e. The van der Waals surface area contributed by atoms with Crippen LogP contribution in [0.15, 0.2) is 48.5 Å². The van der Waals surface area contributed by atoms with Gasteiger partial charge in [-0.05, 0) is 67.5 Å². The van der Waals surface area contributed by atoms with E-state index >= 15 is 0 Å². The van der Waals surface area contributed by atoms with Crippen LogP contribution >= 0.6 is 0 Å². The van der Waals surface area contributed by atoms with Gasteiger partial charge in [0.1, 0.15) is 0 Å². The number of nitrogens with zero attached hydrogens (tertiary/aromatic N) is 2. The Morgan fingerprint density at radius 2 is 1.48 bits per heavy atom. The van der Waals surface area contributed by atoms with Crippen molar-refractivity contribution in [2.24, 2.45) is 5.92 Å². The summed E-state index contributed by atoms with van der Waals surface area (Å²) in [6, 6.07) is 15.3. The molecule has 2 aliphatic heterocycles. The van der Waals surface area contributed by atoms with E-state index in [1.165, 1.54) is 5.56 Å². The Labute approximate surface area is 160 Å². The molecule has 0 unspecified atom stereocenters. The second kappa shape index (κ2) is 7.55. The van der Waals surface area contributed by atoms with Crippen molar-refractivity contribution in [1.29, 1.82) is 0 Å². The molecule has 2 heterocycles. The number of aryl methyl sites for hydroxylation is 1. The lowest BCUT2D eigenvalue weighted by Gasteiger charge is -2.30. The van der Waals surface area contributed by atoms with Gasteiger partial charge in [-0.3, -0.25) is 9.59 Å². The summed E-state index contributed by atoms with van der Waals surface area (Å²) in [6.45, 7) is 4.62. The molecule has 140 valence electrons. The zero-order chi connectivity index (χ0) is 18.8. The summed E-state index contributed by atoms with van der Waals surface area (Å²) < 4.78 is 0. The largest absolute Gasteiger partial charge is 0.339 e. The number of amides is 2. The number of benzene rings is 2. The zero-order valence-corrected chi connectivity index (χ0v) is 15.9. The van der Waals surface area contributed by atoms with Gasteiger partial charge < -0.3 is 9.80 Å². The van der Waals surface area contributed by atoms with Crippen molar-refractivity contribution < 1.29 is 9.59 Å². The number of anilines is 1. The first-order chi connectivity index (χ1) is 13.1. The van der Waals surface area contributed by atoms with Gasteiger partial charge >= 0.3 is 0 Å². The van der Waals surface area contributed by atoms with Gasteiger partial charge in [-0.1, -0.05) is 25.1 Å². The maximum Gasteiger partial charge on any atom is 0.258 e. The average Bonchev–Trinajstić information content (AvgIpc) is 2.73. The summed E-state index contributed by atoms with van der Waals surface area (Å²) >= 11 is 0. The van der Waals surface area contributed by atoms with Crippen LogP contribution in [0, 0.1) is 5.92 Å². The number of fused-ring (bicyclic) bond motifs is 1. The molecule has 1 fully saturated rings. The highest BCUT2D eigenvalue weighted by atomic mass is 16.2. The predicted octanol–water partition coefficient (Wildman–Crippen LogP) is 4.15. The maximum atomic E-state index is 13.0. The highest BCUT2D eigenvalue weighted by Gasteiger charge is 2.24. The molecule has 27 heavy (non-hydrogen) atoms. The van der Waals surface area contributed by atoms with Gasteiger partial charge in [0.2, 0.25) is 0 Å².